The molecule has 1 aliphatic heterocycles. The SMILES string of the molecule is CCOC(=O)C1=C(C)N=c2sc(=Cc3cn(Cc4ccccc4)c4ccccc34)c(=O)n2C1c1ccc(N(C)C)cc1. The fourth-order valence-corrected chi connectivity index (χ4v) is 6.54. The van der Waals surface area contributed by atoms with Crippen LogP contribution in [0.1, 0.15) is 36.6 Å². The molecule has 2 aromatic heterocycles. The average Bonchev–Trinajstić information content (AvgIpc) is 3.49. The monoisotopic (exact) mass is 576 g/mol. The minimum Gasteiger partial charge on any atom is -0.463 e. The summed E-state index contributed by atoms with van der Waals surface area (Å²) in [6, 6.07) is 25.8. The van der Waals surface area contributed by atoms with Crippen molar-refractivity contribution in [2.75, 3.05) is 25.6 Å². The molecule has 0 saturated heterocycles. The van der Waals surface area contributed by atoms with Crippen molar-refractivity contribution >= 4 is 40.0 Å². The number of aromatic nitrogens is 2. The van der Waals surface area contributed by atoms with Crippen LogP contribution in [0, 0.1) is 0 Å². The summed E-state index contributed by atoms with van der Waals surface area (Å²) in [5.74, 6) is -0.460. The summed E-state index contributed by atoms with van der Waals surface area (Å²) in [6.45, 7) is 4.54. The molecule has 0 spiro atoms. The van der Waals surface area contributed by atoms with Crippen LogP contribution in [0.3, 0.4) is 0 Å². The standard InChI is InChI=1S/C34H32N4O3S/c1-5-41-33(40)30-22(2)35-34-38(31(30)24-15-17-26(18-16-24)36(3)4)32(39)29(42-34)19-25-21-37(20-23-11-7-6-8-12-23)28-14-10-9-13-27(25)28/h6-19,21,31H,5,20H2,1-4H3. The Morgan fingerprint density at radius 2 is 1.74 bits per heavy atom. The lowest BCUT2D eigenvalue weighted by atomic mass is 9.95. The van der Waals surface area contributed by atoms with Gasteiger partial charge in [0, 0.05) is 49.0 Å². The Balaban J connectivity index is 1.51. The normalized spacial score (nSPS) is 15.0. The molecule has 0 N–H and O–H groups in total. The molecule has 1 atom stereocenters. The van der Waals surface area contributed by atoms with Crippen molar-refractivity contribution in [1.29, 1.82) is 0 Å². The van der Waals surface area contributed by atoms with Crippen LogP contribution < -0.4 is 19.8 Å². The van der Waals surface area contributed by atoms with Crippen LogP contribution in [0.5, 0.6) is 0 Å². The van der Waals surface area contributed by atoms with Crippen molar-refractivity contribution in [2.24, 2.45) is 4.99 Å². The number of anilines is 1. The maximum absolute atomic E-state index is 14.1. The predicted molar refractivity (Wildman–Crippen MR) is 169 cm³/mol. The minimum atomic E-state index is -0.641. The Hall–Kier alpha value is -4.69. The highest BCUT2D eigenvalue weighted by Gasteiger charge is 2.33. The summed E-state index contributed by atoms with van der Waals surface area (Å²) in [4.78, 5) is 34.6. The Morgan fingerprint density at radius 3 is 2.45 bits per heavy atom. The Kier molecular flexibility index (Phi) is 7.39. The Bertz CT molecular complexity index is 2000. The van der Waals surface area contributed by atoms with E-state index in [-0.39, 0.29) is 12.2 Å². The average molecular weight is 577 g/mol. The van der Waals surface area contributed by atoms with Gasteiger partial charge in [0.25, 0.3) is 5.56 Å². The third-order valence-electron chi connectivity index (χ3n) is 7.54. The zero-order valence-corrected chi connectivity index (χ0v) is 24.9. The van der Waals surface area contributed by atoms with Gasteiger partial charge in [-0.1, -0.05) is 72.0 Å². The lowest BCUT2D eigenvalue weighted by molar-refractivity contribution is -0.139. The van der Waals surface area contributed by atoms with E-state index < -0.39 is 12.0 Å². The van der Waals surface area contributed by atoms with Crippen molar-refractivity contribution in [2.45, 2.75) is 26.4 Å². The molecule has 7 nitrogen and oxygen atoms in total. The van der Waals surface area contributed by atoms with Gasteiger partial charge in [0.2, 0.25) is 0 Å². The number of carbonyl (C=O) groups excluding carboxylic acids is 1. The Morgan fingerprint density at radius 1 is 1.02 bits per heavy atom. The highest BCUT2D eigenvalue weighted by Crippen LogP contribution is 2.32. The quantitative estimate of drug-likeness (QED) is 0.260. The molecular formula is C34H32N4O3S. The molecule has 0 amide bonds. The van der Waals surface area contributed by atoms with Crippen LogP contribution in [0.4, 0.5) is 5.69 Å². The summed E-state index contributed by atoms with van der Waals surface area (Å²) < 4.78 is 9.85. The number of hydrogen-bond donors (Lipinski definition) is 0. The fourth-order valence-electron chi connectivity index (χ4n) is 5.50. The van der Waals surface area contributed by atoms with Crippen LogP contribution in [0.2, 0.25) is 0 Å². The second kappa shape index (κ2) is 11.3. The van der Waals surface area contributed by atoms with Gasteiger partial charge in [-0.25, -0.2) is 9.79 Å². The lowest BCUT2D eigenvalue weighted by Crippen LogP contribution is -2.39. The van der Waals surface area contributed by atoms with E-state index >= 15 is 0 Å². The number of thiazole rings is 1. The molecule has 1 unspecified atom stereocenters. The molecule has 1 aliphatic rings. The van der Waals surface area contributed by atoms with Crippen molar-refractivity contribution in [3.8, 4) is 0 Å². The van der Waals surface area contributed by atoms with E-state index in [9.17, 15) is 9.59 Å². The van der Waals surface area contributed by atoms with Crippen molar-refractivity contribution in [3.05, 3.63) is 133 Å². The third kappa shape index (κ3) is 4.99. The van der Waals surface area contributed by atoms with E-state index in [4.69, 9.17) is 9.73 Å². The first-order valence-corrected chi connectivity index (χ1v) is 14.8. The smallest absolute Gasteiger partial charge is 0.338 e. The summed E-state index contributed by atoms with van der Waals surface area (Å²) in [5, 5.41) is 1.07. The van der Waals surface area contributed by atoms with E-state index in [0.29, 0.717) is 20.6 Å². The van der Waals surface area contributed by atoms with Crippen LogP contribution in [0.15, 0.2) is 106 Å². The largest absolute Gasteiger partial charge is 0.463 e. The summed E-state index contributed by atoms with van der Waals surface area (Å²) >= 11 is 1.34. The van der Waals surface area contributed by atoms with E-state index in [0.717, 1.165) is 34.3 Å². The predicted octanol–water partition coefficient (Wildman–Crippen LogP) is 4.87. The number of benzene rings is 3. The second-order valence-corrected chi connectivity index (χ2v) is 11.5. The molecule has 42 heavy (non-hydrogen) atoms. The van der Waals surface area contributed by atoms with E-state index in [1.807, 2.05) is 86.6 Å². The van der Waals surface area contributed by atoms with Gasteiger partial charge in [0.1, 0.15) is 0 Å². The molecule has 0 saturated carbocycles. The molecule has 6 rings (SSSR count). The van der Waals surface area contributed by atoms with Crippen molar-refractivity contribution in [1.82, 2.24) is 9.13 Å². The number of carbonyl (C=O) groups is 1. The number of nitrogens with zero attached hydrogens (tertiary/aromatic N) is 4. The maximum Gasteiger partial charge on any atom is 0.338 e. The van der Waals surface area contributed by atoms with Crippen LogP contribution in [-0.2, 0) is 16.1 Å². The number of para-hydroxylation sites is 1. The third-order valence-corrected chi connectivity index (χ3v) is 8.53. The van der Waals surface area contributed by atoms with Crippen molar-refractivity contribution < 1.29 is 9.53 Å². The van der Waals surface area contributed by atoms with Crippen LogP contribution >= 0.6 is 11.3 Å². The molecule has 3 aromatic carbocycles. The van der Waals surface area contributed by atoms with Gasteiger partial charge in [-0.05, 0) is 49.2 Å². The van der Waals surface area contributed by atoms with E-state index in [1.54, 1.807) is 11.5 Å². The number of hydrogen-bond acceptors (Lipinski definition) is 6. The first-order chi connectivity index (χ1) is 20.4. The highest BCUT2D eigenvalue weighted by atomic mass is 32.1. The number of fused-ring (bicyclic) bond motifs is 2. The lowest BCUT2D eigenvalue weighted by Gasteiger charge is -2.25. The molecule has 0 radical (unpaired) electrons. The Labute approximate surface area is 247 Å². The number of esters is 1. The van der Waals surface area contributed by atoms with Gasteiger partial charge in [-0.3, -0.25) is 9.36 Å². The minimum absolute atomic E-state index is 0.186. The first kappa shape index (κ1) is 27.5. The van der Waals surface area contributed by atoms with Gasteiger partial charge in [-0.15, -0.1) is 0 Å². The molecule has 8 heteroatoms. The summed E-state index contributed by atoms with van der Waals surface area (Å²) in [5.41, 5.74) is 5.86. The van der Waals surface area contributed by atoms with E-state index in [1.165, 1.54) is 16.9 Å². The highest BCUT2D eigenvalue weighted by molar-refractivity contribution is 7.07. The topological polar surface area (TPSA) is 68.8 Å². The maximum atomic E-state index is 14.1. The second-order valence-electron chi connectivity index (χ2n) is 10.5. The van der Waals surface area contributed by atoms with Crippen molar-refractivity contribution in [3.63, 3.8) is 0 Å². The van der Waals surface area contributed by atoms with E-state index in [2.05, 4.69) is 35.0 Å². The zero-order valence-electron chi connectivity index (χ0n) is 24.1. The summed E-state index contributed by atoms with van der Waals surface area (Å²) in [6.07, 6.45) is 4.05. The van der Waals surface area contributed by atoms with Gasteiger partial charge < -0.3 is 14.2 Å². The fraction of sp³-hybridized carbons (Fsp3) is 0.206. The molecule has 0 aliphatic carbocycles. The van der Waals surface area contributed by atoms with Gasteiger partial charge >= 0.3 is 5.97 Å². The van der Waals surface area contributed by atoms with Crippen LogP contribution in [0.25, 0.3) is 17.0 Å². The molecule has 212 valence electrons. The van der Waals surface area contributed by atoms with Gasteiger partial charge in [0.15, 0.2) is 4.80 Å². The van der Waals surface area contributed by atoms with Gasteiger partial charge in [0.05, 0.1) is 28.5 Å². The number of ether oxygens (including phenoxy) is 1. The first-order valence-electron chi connectivity index (χ1n) is 13.9. The molecular weight excluding hydrogens is 544 g/mol. The number of rotatable bonds is 7. The van der Waals surface area contributed by atoms with Crippen LogP contribution in [-0.4, -0.2) is 35.8 Å². The van der Waals surface area contributed by atoms with Gasteiger partial charge in [-0.2, -0.15) is 0 Å². The molecule has 5 aromatic rings. The molecule has 0 fully saturated rings. The molecule has 0 bridgehead atoms. The molecule has 3 heterocycles. The summed E-state index contributed by atoms with van der Waals surface area (Å²) in [7, 11) is 3.95. The zero-order chi connectivity index (χ0) is 29.4. The number of allylic oxidation sites excluding steroid dienone is 1.